The molecule has 3 N–H and O–H groups in total. The zero-order chi connectivity index (χ0) is 27.8. The summed E-state index contributed by atoms with van der Waals surface area (Å²) in [6.07, 6.45) is 1.18. The van der Waals surface area contributed by atoms with Crippen molar-refractivity contribution >= 4 is 5.97 Å². The van der Waals surface area contributed by atoms with E-state index in [1.807, 2.05) is 54.6 Å². The third-order valence-corrected chi connectivity index (χ3v) is 7.46. The van der Waals surface area contributed by atoms with E-state index in [0.29, 0.717) is 30.0 Å². The number of piperidine rings is 1. The number of ether oxygens (including phenoxy) is 2. The molecule has 6 heteroatoms. The van der Waals surface area contributed by atoms with Crippen molar-refractivity contribution in [2.24, 2.45) is 5.73 Å². The molecule has 4 aromatic rings. The maximum atomic E-state index is 13.7. The quantitative estimate of drug-likeness (QED) is 0.272. The highest BCUT2D eigenvalue weighted by atomic mass is 16.6. The van der Waals surface area contributed by atoms with Crippen LogP contribution in [0.15, 0.2) is 109 Å². The predicted molar refractivity (Wildman–Crippen MR) is 155 cm³/mol. The maximum Gasteiger partial charge on any atom is 0.347 e. The van der Waals surface area contributed by atoms with E-state index in [1.165, 1.54) is 5.56 Å². The lowest BCUT2D eigenvalue weighted by atomic mass is 9.86. The Morgan fingerprint density at radius 3 is 2.10 bits per heavy atom. The predicted octanol–water partition coefficient (Wildman–Crippen LogP) is 5.17. The Kier molecular flexibility index (Phi) is 8.91. The number of carbonyl (C=O) groups excluding carboxylic acids is 1. The van der Waals surface area contributed by atoms with Gasteiger partial charge >= 0.3 is 5.97 Å². The van der Waals surface area contributed by atoms with Crippen molar-refractivity contribution in [3.05, 3.63) is 137 Å². The first kappa shape index (κ1) is 27.6. The molecular formula is C34H36N2O4. The highest BCUT2D eigenvalue weighted by molar-refractivity contribution is 5.85. The van der Waals surface area contributed by atoms with Crippen LogP contribution >= 0.6 is 0 Å². The second-order valence-corrected chi connectivity index (χ2v) is 10.3. The molecule has 0 saturated carbocycles. The largest absolute Gasteiger partial charge is 0.489 e. The minimum atomic E-state index is -1.97. The molecule has 206 valence electrons. The minimum Gasteiger partial charge on any atom is -0.489 e. The zero-order valence-corrected chi connectivity index (χ0v) is 22.6. The number of hydrogen-bond acceptors (Lipinski definition) is 6. The Morgan fingerprint density at radius 1 is 0.800 bits per heavy atom. The van der Waals surface area contributed by atoms with E-state index in [4.69, 9.17) is 15.2 Å². The Labute approximate surface area is 236 Å². The molecule has 1 heterocycles. The molecule has 4 aromatic carbocycles. The number of likely N-dealkylation sites (tertiary alicyclic amines) is 1. The van der Waals surface area contributed by atoms with Crippen LogP contribution in [0.3, 0.4) is 0 Å². The van der Waals surface area contributed by atoms with Crippen LogP contribution in [0.25, 0.3) is 0 Å². The summed E-state index contributed by atoms with van der Waals surface area (Å²) in [4.78, 5) is 16.1. The highest BCUT2D eigenvalue weighted by Crippen LogP contribution is 2.34. The van der Waals surface area contributed by atoms with Crippen LogP contribution in [-0.4, -0.2) is 35.2 Å². The van der Waals surface area contributed by atoms with Crippen LogP contribution in [0.4, 0.5) is 0 Å². The van der Waals surface area contributed by atoms with Crippen LogP contribution in [0.2, 0.25) is 0 Å². The first-order valence-electron chi connectivity index (χ1n) is 13.8. The molecule has 5 rings (SSSR count). The van der Waals surface area contributed by atoms with Crippen LogP contribution in [0, 0.1) is 0 Å². The first-order valence-corrected chi connectivity index (χ1v) is 13.8. The summed E-state index contributed by atoms with van der Waals surface area (Å²) >= 11 is 0. The molecule has 40 heavy (non-hydrogen) atoms. The summed E-state index contributed by atoms with van der Waals surface area (Å²) in [5.41, 5.74) is 7.91. The van der Waals surface area contributed by atoms with Crippen molar-refractivity contribution in [3.8, 4) is 5.75 Å². The smallest absolute Gasteiger partial charge is 0.347 e. The second-order valence-electron chi connectivity index (χ2n) is 10.3. The molecule has 1 aliphatic heterocycles. The third kappa shape index (κ3) is 6.59. The van der Waals surface area contributed by atoms with Crippen molar-refractivity contribution in [1.82, 2.24) is 4.90 Å². The number of carbonyl (C=O) groups is 1. The molecule has 1 saturated heterocycles. The van der Waals surface area contributed by atoms with Crippen molar-refractivity contribution in [1.29, 1.82) is 0 Å². The number of esters is 1. The van der Waals surface area contributed by atoms with Crippen LogP contribution in [0.5, 0.6) is 5.75 Å². The van der Waals surface area contributed by atoms with Gasteiger partial charge in [0.05, 0.1) is 0 Å². The number of aliphatic hydroxyl groups is 1. The standard InChI is InChI=1S/C34H36N2O4/c35-23-26-14-16-28(17-15-26)25-39-32-13-7-12-30(22-32)34(38,29-10-5-2-6-11-29)33(37)40-31-18-20-36(21-19-31)24-27-8-3-1-4-9-27/h1-17,22,31,38H,18-21,23-25,35H2. The van der Waals surface area contributed by atoms with Gasteiger partial charge in [-0.15, -0.1) is 0 Å². The summed E-state index contributed by atoms with van der Waals surface area (Å²) in [6, 6.07) is 34.3. The first-order chi connectivity index (χ1) is 19.5. The summed E-state index contributed by atoms with van der Waals surface area (Å²) < 4.78 is 12.0. The van der Waals surface area contributed by atoms with Gasteiger partial charge in [-0.05, 0) is 47.2 Å². The Bertz CT molecular complexity index is 1370. The van der Waals surface area contributed by atoms with Crippen LogP contribution in [0.1, 0.15) is 40.7 Å². The fraction of sp³-hybridized carbons (Fsp3) is 0.265. The van der Waals surface area contributed by atoms with E-state index >= 15 is 0 Å². The van der Waals surface area contributed by atoms with Gasteiger partial charge in [-0.25, -0.2) is 4.79 Å². The van der Waals surface area contributed by atoms with Crippen LogP contribution < -0.4 is 10.5 Å². The van der Waals surface area contributed by atoms with Gasteiger partial charge in [0.2, 0.25) is 5.60 Å². The molecule has 0 radical (unpaired) electrons. The van der Waals surface area contributed by atoms with Crippen LogP contribution in [-0.2, 0) is 34.8 Å². The van der Waals surface area contributed by atoms with E-state index in [0.717, 1.165) is 43.6 Å². The fourth-order valence-electron chi connectivity index (χ4n) is 5.09. The molecule has 1 atom stereocenters. The molecule has 0 amide bonds. The van der Waals surface area contributed by atoms with E-state index in [-0.39, 0.29) is 6.10 Å². The lowest BCUT2D eigenvalue weighted by molar-refractivity contribution is -0.170. The topological polar surface area (TPSA) is 85.0 Å². The Morgan fingerprint density at radius 2 is 1.43 bits per heavy atom. The third-order valence-electron chi connectivity index (χ3n) is 7.46. The molecule has 6 nitrogen and oxygen atoms in total. The molecular weight excluding hydrogens is 500 g/mol. The Balaban J connectivity index is 1.29. The van der Waals surface area contributed by atoms with Gasteiger partial charge in [-0.3, -0.25) is 4.90 Å². The van der Waals surface area contributed by atoms with E-state index < -0.39 is 11.6 Å². The van der Waals surface area contributed by atoms with Crippen molar-refractivity contribution in [2.45, 2.75) is 44.2 Å². The summed E-state index contributed by atoms with van der Waals surface area (Å²) in [5, 5.41) is 12.0. The molecule has 0 bridgehead atoms. The number of nitrogens with zero attached hydrogens (tertiary/aromatic N) is 1. The van der Waals surface area contributed by atoms with Gasteiger partial charge in [-0.1, -0.05) is 97.1 Å². The average molecular weight is 537 g/mol. The van der Waals surface area contributed by atoms with Gasteiger partial charge in [0.25, 0.3) is 0 Å². The number of rotatable bonds is 10. The molecule has 1 fully saturated rings. The molecule has 1 unspecified atom stereocenters. The van der Waals surface area contributed by atoms with Gasteiger partial charge in [0, 0.05) is 31.7 Å². The normalized spacial score (nSPS) is 15.8. The minimum absolute atomic E-state index is 0.259. The SMILES string of the molecule is NCc1ccc(COc2cccc(C(O)(C(=O)OC3CCN(Cc4ccccc4)CC3)c3ccccc3)c2)cc1. The van der Waals surface area contributed by atoms with Crippen molar-refractivity contribution < 1.29 is 19.4 Å². The summed E-state index contributed by atoms with van der Waals surface area (Å²) in [5.74, 6) is -0.119. The molecule has 0 spiro atoms. The van der Waals surface area contributed by atoms with Crippen molar-refractivity contribution in [2.75, 3.05) is 13.1 Å². The highest BCUT2D eigenvalue weighted by Gasteiger charge is 2.43. The van der Waals surface area contributed by atoms with E-state index in [2.05, 4.69) is 17.0 Å². The molecule has 1 aliphatic rings. The van der Waals surface area contributed by atoms with E-state index in [1.54, 1.807) is 42.5 Å². The van der Waals surface area contributed by atoms with Gasteiger partial charge < -0.3 is 20.3 Å². The lowest BCUT2D eigenvalue weighted by Gasteiger charge is -2.34. The summed E-state index contributed by atoms with van der Waals surface area (Å²) in [7, 11) is 0. The van der Waals surface area contributed by atoms with Crippen molar-refractivity contribution in [3.63, 3.8) is 0 Å². The molecule has 0 aliphatic carbocycles. The fourth-order valence-corrected chi connectivity index (χ4v) is 5.09. The molecule has 0 aromatic heterocycles. The maximum absolute atomic E-state index is 13.7. The number of hydrogen-bond donors (Lipinski definition) is 2. The van der Waals surface area contributed by atoms with Gasteiger partial charge in [-0.2, -0.15) is 0 Å². The monoisotopic (exact) mass is 536 g/mol. The van der Waals surface area contributed by atoms with Gasteiger partial charge in [0.1, 0.15) is 18.5 Å². The Hall–Kier alpha value is -3.97. The van der Waals surface area contributed by atoms with Gasteiger partial charge in [0.15, 0.2) is 0 Å². The second kappa shape index (κ2) is 12.9. The lowest BCUT2D eigenvalue weighted by Crippen LogP contribution is -2.43. The van der Waals surface area contributed by atoms with E-state index in [9.17, 15) is 9.90 Å². The summed E-state index contributed by atoms with van der Waals surface area (Å²) in [6.45, 7) is 3.37. The zero-order valence-electron chi connectivity index (χ0n) is 22.6. The number of nitrogens with two attached hydrogens (primary N) is 1. The number of benzene rings is 4. The average Bonchev–Trinajstić information content (AvgIpc) is 3.02.